The minimum Gasteiger partial charge on any atom is -0.436 e. The lowest BCUT2D eigenvalue weighted by molar-refractivity contribution is -0.135. The summed E-state index contributed by atoms with van der Waals surface area (Å²) in [7, 11) is 0. The first-order valence-electron chi connectivity index (χ1n) is 12.2. The van der Waals surface area contributed by atoms with Gasteiger partial charge in [-0.3, -0.25) is 19.8 Å². The van der Waals surface area contributed by atoms with Crippen molar-refractivity contribution in [2.75, 3.05) is 26.2 Å². The van der Waals surface area contributed by atoms with Crippen molar-refractivity contribution < 1.29 is 18.4 Å². The SMILES string of the molecule is O=C1NC(N2CCN(C(=O)c3ccc4nc(-c5ccccc5)oc4c3)CC2)NC2CC(F)CCC12. The smallest absolute Gasteiger partial charge is 0.254 e. The van der Waals surface area contributed by atoms with E-state index in [4.69, 9.17) is 4.42 Å². The Morgan fingerprint density at radius 3 is 2.66 bits per heavy atom. The Morgan fingerprint density at radius 1 is 1.06 bits per heavy atom. The maximum atomic E-state index is 13.9. The molecule has 3 heterocycles. The third kappa shape index (κ3) is 4.30. The fourth-order valence-corrected chi connectivity index (χ4v) is 5.43. The summed E-state index contributed by atoms with van der Waals surface area (Å²) in [5.74, 6) is 0.312. The molecule has 3 fully saturated rings. The van der Waals surface area contributed by atoms with Crippen molar-refractivity contribution in [2.24, 2.45) is 5.92 Å². The first kappa shape index (κ1) is 22.2. The molecule has 3 aliphatic rings. The molecule has 1 aromatic heterocycles. The average molecular weight is 478 g/mol. The van der Waals surface area contributed by atoms with Crippen molar-refractivity contribution in [3.63, 3.8) is 0 Å². The molecule has 182 valence electrons. The van der Waals surface area contributed by atoms with Gasteiger partial charge in [0.2, 0.25) is 11.8 Å². The van der Waals surface area contributed by atoms with Crippen molar-refractivity contribution >= 4 is 22.9 Å². The van der Waals surface area contributed by atoms with Crippen LogP contribution in [-0.4, -0.2) is 71.3 Å². The van der Waals surface area contributed by atoms with Gasteiger partial charge in [0, 0.05) is 43.3 Å². The zero-order valence-corrected chi connectivity index (χ0v) is 19.3. The molecule has 3 aromatic rings. The van der Waals surface area contributed by atoms with Crippen LogP contribution in [-0.2, 0) is 4.79 Å². The summed E-state index contributed by atoms with van der Waals surface area (Å²) in [5.41, 5.74) is 2.74. The van der Waals surface area contributed by atoms with E-state index in [1.165, 1.54) is 0 Å². The predicted octanol–water partition coefficient (Wildman–Crippen LogP) is 2.76. The maximum Gasteiger partial charge on any atom is 0.254 e. The quantitative estimate of drug-likeness (QED) is 0.603. The highest BCUT2D eigenvalue weighted by Gasteiger charge is 2.42. The van der Waals surface area contributed by atoms with Gasteiger partial charge in [-0.25, -0.2) is 9.37 Å². The van der Waals surface area contributed by atoms with Gasteiger partial charge in [0.15, 0.2) is 5.58 Å². The van der Waals surface area contributed by atoms with Crippen LogP contribution < -0.4 is 10.6 Å². The van der Waals surface area contributed by atoms with Crippen molar-refractivity contribution in [3.8, 4) is 11.5 Å². The molecular weight excluding hydrogens is 449 g/mol. The third-order valence-corrected chi connectivity index (χ3v) is 7.40. The topological polar surface area (TPSA) is 90.7 Å². The molecule has 1 aliphatic carbocycles. The van der Waals surface area contributed by atoms with Gasteiger partial charge in [-0.1, -0.05) is 18.2 Å². The van der Waals surface area contributed by atoms with E-state index in [1.807, 2.05) is 41.3 Å². The molecule has 2 N–H and O–H groups in total. The number of alkyl halides is 1. The zero-order valence-electron chi connectivity index (χ0n) is 19.3. The molecule has 6 rings (SSSR count). The number of aromatic nitrogens is 1. The van der Waals surface area contributed by atoms with Gasteiger partial charge in [-0.2, -0.15) is 0 Å². The summed E-state index contributed by atoms with van der Waals surface area (Å²) >= 11 is 0. The Kier molecular flexibility index (Phi) is 5.74. The molecular formula is C26H28FN5O3. The normalized spacial score (nSPS) is 27.5. The van der Waals surface area contributed by atoms with Gasteiger partial charge in [-0.15, -0.1) is 0 Å². The second kappa shape index (κ2) is 9.05. The number of hydrogen-bond acceptors (Lipinski definition) is 6. The number of halogens is 1. The van der Waals surface area contributed by atoms with Gasteiger partial charge >= 0.3 is 0 Å². The molecule has 4 atom stereocenters. The fourth-order valence-electron chi connectivity index (χ4n) is 5.43. The molecule has 2 amide bonds. The lowest BCUT2D eigenvalue weighted by Gasteiger charge is -2.46. The summed E-state index contributed by atoms with van der Waals surface area (Å²) in [4.78, 5) is 34.2. The highest BCUT2D eigenvalue weighted by molar-refractivity contribution is 5.97. The minimum absolute atomic E-state index is 0.000567. The largest absolute Gasteiger partial charge is 0.436 e. The standard InChI is InChI=1S/C26H28FN5O3/c27-18-7-8-19-21(15-18)29-26(30-23(19)33)32-12-10-31(11-13-32)25(34)17-6-9-20-22(14-17)35-24(28-20)16-4-2-1-3-5-16/h1-6,9,14,18-19,21,26,29H,7-8,10-13,15H2,(H,30,33). The summed E-state index contributed by atoms with van der Waals surface area (Å²) in [6.07, 6.45) is 0.240. The molecule has 2 aliphatic heterocycles. The second-order valence-electron chi connectivity index (χ2n) is 9.60. The molecule has 0 spiro atoms. The van der Waals surface area contributed by atoms with Crippen molar-refractivity contribution in [3.05, 3.63) is 54.1 Å². The van der Waals surface area contributed by atoms with Crippen LogP contribution in [0.1, 0.15) is 29.6 Å². The van der Waals surface area contributed by atoms with Gasteiger partial charge in [0.05, 0.1) is 5.92 Å². The number of rotatable bonds is 3. The summed E-state index contributed by atoms with van der Waals surface area (Å²) < 4.78 is 19.8. The number of benzene rings is 2. The number of carbonyl (C=O) groups is 2. The van der Waals surface area contributed by atoms with Crippen LogP contribution in [0, 0.1) is 5.92 Å². The summed E-state index contributed by atoms with van der Waals surface area (Å²) in [6.45, 7) is 2.30. The number of carbonyl (C=O) groups excluding carboxylic acids is 2. The number of nitrogens with zero attached hydrogens (tertiary/aromatic N) is 3. The van der Waals surface area contributed by atoms with Gasteiger partial charge in [0.1, 0.15) is 18.0 Å². The molecule has 1 saturated carbocycles. The zero-order chi connectivity index (χ0) is 23.9. The van der Waals surface area contributed by atoms with Crippen LogP contribution in [0.3, 0.4) is 0 Å². The van der Waals surface area contributed by atoms with Gasteiger partial charge in [-0.05, 0) is 49.6 Å². The molecule has 2 aromatic carbocycles. The number of piperazine rings is 1. The van der Waals surface area contributed by atoms with E-state index < -0.39 is 6.17 Å². The highest BCUT2D eigenvalue weighted by atomic mass is 19.1. The van der Waals surface area contributed by atoms with E-state index in [0.29, 0.717) is 68.0 Å². The minimum atomic E-state index is -0.852. The number of nitrogens with one attached hydrogen (secondary N) is 2. The van der Waals surface area contributed by atoms with Crippen LogP contribution in [0.4, 0.5) is 4.39 Å². The van der Waals surface area contributed by atoms with Crippen LogP contribution in [0.5, 0.6) is 0 Å². The molecule has 8 nitrogen and oxygen atoms in total. The number of oxazole rings is 1. The van der Waals surface area contributed by atoms with E-state index in [1.54, 1.807) is 12.1 Å². The van der Waals surface area contributed by atoms with E-state index in [2.05, 4.69) is 20.5 Å². The van der Waals surface area contributed by atoms with E-state index in [-0.39, 0.29) is 30.1 Å². The van der Waals surface area contributed by atoms with Crippen molar-refractivity contribution in [1.29, 1.82) is 0 Å². The first-order valence-corrected chi connectivity index (χ1v) is 12.2. The van der Waals surface area contributed by atoms with Gasteiger partial charge < -0.3 is 14.6 Å². The maximum absolute atomic E-state index is 13.9. The van der Waals surface area contributed by atoms with Crippen LogP contribution >= 0.6 is 0 Å². The molecule has 35 heavy (non-hydrogen) atoms. The predicted molar refractivity (Wildman–Crippen MR) is 128 cm³/mol. The van der Waals surface area contributed by atoms with Crippen LogP contribution in [0.25, 0.3) is 22.6 Å². The van der Waals surface area contributed by atoms with Crippen LogP contribution in [0.15, 0.2) is 52.9 Å². The number of hydrogen-bond donors (Lipinski definition) is 2. The number of amides is 2. The molecule has 2 saturated heterocycles. The van der Waals surface area contributed by atoms with E-state index in [9.17, 15) is 14.0 Å². The average Bonchev–Trinajstić information content (AvgIpc) is 3.32. The van der Waals surface area contributed by atoms with Crippen LogP contribution in [0.2, 0.25) is 0 Å². The molecule has 0 radical (unpaired) electrons. The fraction of sp³-hybridized carbons (Fsp3) is 0.423. The Morgan fingerprint density at radius 2 is 1.86 bits per heavy atom. The number of fused-ring (bicyclic) bond motifs is 2. The lowest BCUT2D eigenvalue weighted by Crippen LogP contribution is -2.70. The first-order chi connectivity index (χ1) is 17.0. The second-order valence-corrected chi connectivity index (χ2v) is 9.60. The van der Waals surface area contributed by atoms with E-state index >= 15 is 0 Å². The van der Waals surface area contributed by atoms with E-state index in [0.717, 1.165) is 5.56 Å². The molecule has 0 bridgehead atoms. The Bertz CT molecular complexity index is 1240. The monoisotopic (exact) mass is 477 g/mol. The Balaban J connectivity index is 1.10. The lowest BCUT2D eigenvalue weighted by atomic mass is 9.81. The van der Waals surface area contributed by atoms with Crippen molar-refractivity contribution in [1.82, 2.24) is 25.4 Å². The Labute approximate surface area is 202 Å². The highest BCUT2D eigenvalue weighted by Crippen LogP contribution is 2.30. The molecule has 4 unspecified atom stereocenters. The summed E-state index contributed by atoms with van der Waals surface area (Å²) in [5, 5.41) is 6.47. The summed E-state index contributed by atoms with van der Waals surface area (Å²) in [6, 6.07) is 14.9. The van der Waals surface area contributed by atoms with Gasteiger partial charge in [0.25, 0.3) is 5.91 Å². The third-order valence-electron chi connectivity index (χ3n) is 7.40. The van der Waals surface area contributed by atoms with Crippen molar-refractivity contribution in [2.45, 2.75) is 37.8 Å². The molecule has 9 heteroatoms. The Hall–Kier alpha value is -3.30.